The lowest BCUT2D eigenvalue weighted by molar-refractivity contribution is -0.127. The van der Waals surface area contributed by atoms with Crippen molar-refractivity contribution in [3.8, 4) is 11.3 Å². The molecule has 20 heavy (non-hydrogen) atoms. The summed E-state index contributed by atoms with van der Waals surface area (Å²) in [6.45, 7) is 1.80. The molecule has 0 spiro atoms. The molecule has 106 valence electrons. The number of carbonyl (C=O) groups excluding carboxylic acids is 1. The van der Waals surface area contributed by atoms with Gasteiger partial charge in [-0.3, -0.25) is 4.79 Å². The van der Waals surface area contributed by atoms with Gasteiger partial charge in [-0.05, 0) is 31.2 Å². The number of nitrogens with zero attached hydrogens (tertiary/aromatic N) is 2. The fourth-order valence-electron chi connectivity index (χ4n) is 1.63. The zero-order valence-corrected chi connectivity index (χ0v) is 12.3. The summed E-state index contributed by atoms with van der Waals surface area (Å²) in [4.78, 5) is 17.4. The molecular formula is C14H15FN2O2S. The lowest BCUT2D eigenvalue weighted by atomic mass is 10.2. The summed E-state index contributed by atoms with van der Waals surface area (Å²) in [6.07, 6.45) is 1.57. The van der Waals surface area contributed by atoms with Crippen molar-refractivity contribution in [1.82, 2.24) is 9.88 Å². The van der Waals surface area contributed by atoms with Crippen LogP contribution in [0, 0.1) is 5.82 Å². The fourth-order valence-corrected chi connectivity index (χ4v) is 2.49. The first-order valence-electron chi connectivity index (χ1n) is 6.07. The Balaban J connectivity index is 2.09. The molecule has 6 heteroatoms. The van der Waals surface area contributed by atoms with Crippen LogP contribution in [-0.2, 0) is 4.79 Å². The molecule has 1 aromatic heterocycles. The maximum atomic E-state index is 12.9. The van der Waals surface area contributed by atoms with Crippen LogP contribution < -0.4 is 0 Å². The molecule has 0 N–H and O–H groups in total. The highest BCUT2D eigenvalue weighted by atomic mass is 32.2. The molecule has 0 bridgehead atoms. The van der Waals surface area contributed by atoms with Gasteiger partial charge in [-0.15, -0.1) is 0 Å². The first-order valence-corrected chi connectivity index (χ1v) is 6.95. The number of hydrogen-bond acceptors (Lipinski definition) is 4. The predicted molar refractivity (Wildman–Crippen MR) is 75.9 cm³/mol. The Labute approximate surface area is 121 Å². The van der Waals surface area contributed by atoms with Gasteiger partial charge in [0.05, 0.1) is 11.4 Å². The quantitative estimate of drug-likeness (QED) is 0.813. The topological polar surface area (TPSA) is 46.3 Å². The summed E-state index contributed by atoms with van der Waals surface area (Å²) in [6, 6.07) is 5.98. The van der Waals surface area contributed by atoms with E-state index in [0.29, 0.717) is 11.0 Å². The van der Waals surface area contributed by atoms with Gasteiger partial charge >= 0.3 is 0 Å². The van der Waals surface area contributed by atoms with Gasteiger partial charge in [0.25, 0.3) is 5.22 Å². The third-order valence-corrected chi connectivity index (χ3v) is 3.62. The van der Waals surface area contributed by atoms with Crippen LogP contribution in [0.25, 0.3) is 11.3 Å². The van der Waals surface area contributed by atoms with E-state index in [1.165, 1.54) is 28.8 Å². The molecule has 0 aliphatic heterocycles. The number of hydrogen-bond donors (Lipinski definition) is 0. The normalized spacial score (nSPS) is 12.2. The SMILES string of the molecule is CC(Sc1ncc(-c2ccc(F)cc2)o1)C(=O)N(C)C. The second-order valence-corrected chi connectivity index (χ2v) is 5.78. The predicted octanol–water partition coefficient (Wildman–Crippen LogP) is 3.05. The summed E-state index contributed by atoms with van der Waals surface area (Å²) in [7, 11) is 3.41. The van der Waals surface area contributed by atoms with E-state index >= 15 is 0 Å². The van der Waals surface area contributed by atoms with Gasteiger partial charge in [0.1, 0.15) is 5.82 Å². The van der Waals surface area contributed by atoms with Gasteiger partial charge in [0.2, 0.25) is 5.91 Å². The third kappa shape index (κ3) is 3.39. The number of halogens is 1. The highest BCUT2D eigenvalue weighted by Gasteiger charge is 2.19. The van der Waals surface area contributed by atoms with Crippen molar-refractivity contribution >= 4 is 17.7 Å². The Bertz CT molecular complexity index is 595. The lowest BCUT2D eigenvalue weighted by Crippen LogP contribution is -2.29. The molecule has 2 rings (SSSR count). The van der Waals surface area contributed by atoms with Gasteiger partial charge in [-0.25, -0.2) is 9.37 Å². The molecule has 0 aliphatic rings. The van der Waals surface area contributed by atoms with Gasteiger partial charge in [-0.2, -0.15) is 0 Å². The van der Waals surface area contributed by atoms with Crippen molar-refractivity contribution < 1.29 is 13.6 Å². The molecule has 0 radical (unpaired) electrons. The smallest absolute Gasteiger partial charge is 0.256 e. The lowest BCUT2D eigenvalue weighted by Gasteiger charge is -2.14. The first-order chi connectivity index (χ1) is 9.47. The van der Waals surface area contributed by atoms with E-state index in [-0.39, 0.29) is 17.0 Å². The monoisotopic (exact) mass is 294 g/mol. The van der Waals surface area contributed by atoms with Gasteiger partial charge < -0.3 is 9.32 Å². The Morgan fingerprint density at radius 3 is 2.60 bits per heavy atom. The van der Waals surface area contributed by atoms with E-state index in [9.17, 15) is 9.18 Å². The highest BCUT2D eigenvalue weighted by Crippen LogP contribution is 2.28. The second-order valence-electron chi connectivity index (χ2n) is 4.49. The number of benzene rings is 1. The number of oxazole rings is 1. The van der Waals surface area contributed by atoms with Crippen LogP contribution in [0.15, 0.2) is 40.1 Å². The number of rotatable bonds is 4. The van der Waals surface area contributed by atoms with Crippen molar-refractivity contribution in [1.29, 1.82) is 0 Å². The second kappa shape index (κ2) is 6.09. The Morgan fingerprint density at radius 1 is 1.35 bits per heavy atom. The van der Waals surface area contributed by atoms with Crippen molar-refractivity contribution in [3.63, 3.8) is 0 Å². The van der Waals surface area contributed by atoms with Gasteiger partial charge in [0, 0.05) is 19.7 Å². The van der Waals surface area contributed by atoms with E-state index in [2.05, 4.69) is 4.98 Å². The number of aromatic nitrogens is 1. The van der Waals surface area contributed by atoms with Gasteiger partial charge in [0.15, 0.2) is 5.76 Å². The molecule has 2 aromatic rings. The van der Waals surface area contributed by atoms with E-state index < -0.39 is 0 Å². The minimum absolute atomic E-state index is 0.00321. The largest absolute Gasteiger partial charge is 0.431 e. The molecule has 4 nitrogen and oxygen atoms in total. The summed E-state index contributed by atoms with van der Waals surface area (Å²) in [5.74, 6) is 0.251. The summed E-state index contributed by atoms with van der Waals surface area (Å²) < 4.78 is 18.4. The molecule has 0 saturated heterocycles. The summed E-state index contributed by atoms with van der Waals surface area (Å²) >= 11 is 1.26. The molecule has 0 aliphatic carbocycles. The molecule has 1 unspecified atom stereocenters. The van der Waals surface area contributed by atoms with Crippen molar-refractivity contribution in [2.24, 2.45) is 0 Å². The number of thioether (sulfide) groups is 1. The van der Waals surface area contributed by atoms with E-state index in [4.69, 9.17) is 4.42 Å². The molecule has 1 aromatic carbocycles. The van der Waals surface area contributed by atoms with Crippen LogP contribution in [0.3, 0.4) is 0 Å². The minimum atomic E-state index is -0.298. The zero-order chi connectivity index (χ0) is 14.7. The Hall–Kier alpha value is -1.82. The van der Waals surface area contributed by atoms with Crippen LogP contribution in [0.2, 0.25) is 0 Å². The minimum Gasteiger partial charge on any atom is -0.431 e. The zero-order valence-electron chi connectivity index (χ0n) is 11.5. The number of carbonyl (C=O) groups is 1. The first kappa shape index (κ1) is 14.6. The molecular weight excluding hydrogens is 279 g/mol. The van der Waals surface area contributed by atoms with E-state index in [1.807, 2.05) is 0 Å². The fraction of sp³-hybridized carbons (Fsp3) is 0.286. The molecule has 0 saturated carbocycles. The van der Waals surface area contributed by atoms with Crippen LogP contribution in [0.1, 0.15) is 6.92 Å². The summed E-state index contributed by atoms with van der Waals surface area (Å²) in [5.41, 5.74) is 0.748. The Morgan fingerprint density at radius 2 is 2.00 bits per heavy atom. The maximum absolute atomic E-state index is 12.9. The number of amides is 1. The van der Waals surface area contributed by atoms with Crippen LogP contribution in [0.4, 0.5) is 4.39 Å². The average Bonchev–Trinajstić information content (AvgIpc) is 2.87. The van der Waals surface area contributed by atoms with E-state index in [1.54, 1.807) is 39.3 Å². The average molecular weight is 294 g/mol. The Kier molecular flexibility index (Phi) is 4.44. The van der Waals surface area contributed by atoms with Crippen LogP contribution >= 0.6 is 11.8 Å². The summed E-state index contributed by atoms with van der Waals surface area (Å²) in [5, 5.41) is 0.150. The van der Waals surface area contributed by atoms with Crippen molar-refractivity contribution in [2.45, 2.75) is 17.4 Å². The molecule has 1 atom stereocenters. The van der Waals surface area contributed by atoms with Crippen LogP contribution in [0.5, 0.6) is 0 Å². The van der Waals surface area contributed by atoms with Crippen LogP contribution in [-0.4, -0.2) is 35.1 Å². The third-order valence-electron chi connectivity index (χ3n) is 2.68. The molecule has 1 amide bonds. The maximum Gasteiger partial charge on any atom is 0.256 e. The van der Waals surface area contributed by atoms with Gasteiger partial charge in [-0.1, -0.05) is 11.8 Å². The highest BCUT2D eigenvalue weighted by molar-refractivity contribution is 8.00. The van der Waals surface area contributed by atoms with Crippen molar-refractivity contribution in [3.05, 3.63) is 36.3 Å². The van der Waals surface area contributed by atoms with E-state index in [0.717, 1.165) is 5.56 Å². The standard InChI is InChI=1S/C14H15FN2O2S/c1-9(13(18)17(2)3)20-14-16-8-12(19-14)10-4-6-11(15)7-5-10/h4-9H,1-3H3. The molecule has 0 fully saturated rings. The van der Waals surface area contributed by atoms with Crippen molar-refractivity contribution in [2.75, 3.05) is 14.1 Å². The molecule has 1 heterocycles.